The summed E-state index contributed by atoms with van der Waals surface area (Å²) in [5.74, 6) is 0.428. The molecule has 1 heterocycles. The normalized spacial score (nSPS) is 15.1. The molecule has 0 saturated heterocycles. The molecule has 0 radical (unpaired) electrons. The van der Waals surface area contributed by atoms with Crippen LogP contribution in [0.25, 0.3) is 0 Å². The SMILES string of the molecule is COCCC(C)C(N)c1ccncc1. The van der Waals surface area contributed by atoms with Crippen LogP contribution in [0.4, 0.5) is 0 Å². The minimum absolute atomic E-state index is 0.0770. The number of pyridine rings is 1. The number of aromatic nitrogens is 1. The number of rotatable bonds is 5. The summed E-state index contributed by atoms with van der Waals surface area (Å²) in [7, 11) is 1.71. The lowest BCUT2D eigenvalue weighted by molar-refractivity contribution is 0.174. The monoisotopic (exact) mass is 194 g/mol. The molecular formula is C11H18N2O. The van der Waals surface area contributed by atoms with Crippen molar-refractivity contribution in [3.8, 4) is 0 Å². The zero-order valence-electron chi connectivity index (χ0n) is 8.81. The lowest BCUT2D eigenvalue weighted by atomic mass is 9.94. The maximum absolute atomic E-state index is 6.10. The summed E-state index contributed by atoms with van der Waals surface area (Å²) in [6.45, 7) is 2.91. The van der Waals surface area contributed by atoms with Gasteiger partial charge in [0.05, 0.1) is 0 Å². The zero-order valence-corrected chi connectivity index (χ0v) is 8.81. The Hall–Kier alpha value is -0.930. The van der Waals surface area contributed by atoms with Gasteiger partial charge in [-0.2, -0.15) is 0 Å². The molecule has 0 spiro atoms. The molecule has 2 atom stereocenters. The van der Waals surface area contributed by atoms with Crippen LogP contribution >= 0.6 is 0 Å². The molecule has 0 aliphatic heterocycles. The fraction of sp³-hybridized carbons (Fsp3) is 0.545. The second-order valence-corrected chi connectivity index (χ2v) is 3.57. The van der Waals surface area contributed by atoms with E-state index in [4.69, 9.17) is 10.5 Å². The Labute approximate surface area is 85.3 Å². The maximum Gasteiger partial charge on any atom is 0.0465 e. The summed E-state index contributed by atoms with van der Waals surface area (Å²) in [5.41, 5.74) is 7.24. The van der Waals surface area contributed by atoms with E-state index in [9.17, 15) is 0 Å². The van der Waals surface area contributed by atoms with Crippen LogP contribution in [-0.2, 0) is 4.74 Å². The molecule has 0 aliphatic carbocycles. The predicted octanol–water partition coefficient (Wildman–Crippen LogP) is 1.75. The molecule has 3 heteroatoms. The summed E-state index contributed by atoms with van der Waals surface area (Å²) < 4.78 is 5.03. The minimum Gasteiger partial charge on any atom is -0.385 e. The van der Waals surface area contributed by atoms with Gasteiger partial charge in [0.15, 0.2) is 0 Å². The molecule has 3 nitrogen and oxygen atoms in total. The summed E-state index contributed by atoms with van der Waals surface area (Å²) in [5, 5.41) is 0. The third-order valence-corrected chi connectivity index (χ3v) is 2.48. The Morgan fingerprint density at radius 1 is 1.43 bits per heavy atom. The highest BCUT2D eigenvalue weighted by molar-refractivity contribution is 5.14. The average molecular weight is 194 g/mol. The standard InChI is InChI=1S/C11H18N2O/c1-9(5-8-14-2)11(12)10-3-6-13-7-4-10/h3-4,6-7,9,11H,5,8,12H2,1-2H3. The molecule has 14 heavy (non-hydrogen) atoms. The molecule has 0 amide bonds. The van der Waals surface area contributed by atoms with E-state index >= 15 is 0 Å². The van der Waals surface area contributed by atoms with Crippen molar-refractivity contribution in [1.29, 1.82) is 0 Å². The topological polar surface area (TPSA) is 48.1 Å². The molecule has 0 aliphatic rings. The minimum atomic E-state index is 0.0770. The smallest absolute Gasteiger partial charge is 0.0465 e. The number of hydrogen-bond donors (Lipinski definition) is 1. The third-order valence-electron chi connectivity index (χ3n) is 2.48. The van der Waals surface area contributed by atoms with Crippen molar-refractivity contribution in [2.75, 3.05) is 13.7 Å². The number of ether oxygens (including phenoxy) is 1. The Bertz CT molecular complexity index is 251. The summed E-state index contributed by atoms with van der Waals surface area (Å²) in [6, 6.07) is 4.01. The lowest BCUT2D eigenvalue weighted by Crippen LogP contribution is -2.20. The Balaban J connectivity index is 2.52. The Kier molecular flexibility index (Phi) is 4.56. The fourth-order valence-corrected chi connectivity index (χ4v) is 1.40. The van der Waals surface area contributed by atoms with Crippen LogP contribution < -0.4 is 5.73 Å². The van der Waals surface area contributed by atoms with Crippen molar-refractivity contribution in [2.45, 2.75) is 19.4 Å². The highest BCUT2D eigenvalue weighted by Crippen LogP contribution is 2.20. The van der Waals surface area contributed by atoms with Gasteiger partial charge in [0, 0.05) is 32.2 Å². The van der Waals surface area contributed by atoms with E-state index in [0.29, 0.717) is 5.92 Å². The zero-order chi connectivity index (χ0) is 10.4. The summed E-state index contributed by atoms with van der Waals surface area (Å²) in [6.07, 6.45) is 4.54. The van der Waals surface area contributed by atoms with E-state index in [2.05, 4.69) is 11.9 Å². The van der Waals surface area contributed by atoms with Gasteiger partial charge in [-0.3, -0.25) is 4.98 Å². The molecule has 1 rings (SSSR count). The second-order valence-electron chi connectivity index (χ2n) is 3.57. The van der Waals surface area contributed by atoms with Crippen molar-refractivity contribution in [3.05, 3.63) is 30.1 Å². The van der Waals surface area contributed by atoms with Crippen molar-refractivity contribution >= 4 is 0 Å². The van der Waals surface area contributed by atoms with E-state index in [-0.39, 0.29) is 6.04 Å². The molecule has 0 aromatic carbocycles. The molecular weight excluding hydrogens is 176 g/mol. The van der Waals surface area contributed by atoms with Crippen LogP contribution in [0.1, 0.15) is 24.9 Å². The van der Waals surface area contributed by atoms with Gasteiger partial charge in [-0.25, -0.2) is 0 Å². The number of methoxy groups -OCH3 is 1. The average Bonchev–Trinajstić information content (AvgIpc) is 2.26. The highest BCUT2D eigenvalue weighted by Gasteiger charge is 2.13. The van der Waals surface area contributed by atoms with Gasteiger partial charge < -0.3 is 10.5 Å². The first kappa shape index (κ1) is 11.1. The number of nitrogens with two attached hydrogens (primary N) is 1. The van der Waals surface area contributed by atoms with E-state index < -0.39 is 0 Å². The number of hydrogen-bond acceptors (Lipinski definition) is 3. The van der Waals surface area contributed by atoms with Gasteiger partial charge in [0.2, 0.25) is 0 Å². The van der Waals surface area contributed by atoms with Crippen molar-refractivity contribution in [2.24, 2.45) is 11.7 Å². The molecule has 1 aromatic rings. The van der Waals surface area contributed by atoms with Crippen molar-refractivity contribution in [1.82, 2.24) is 4.98 Å². The number of nitrogens with zero attached hydrogens (tertiary/aromatic N) is 1. The largest absolute Gasteiger partial charge is 0.385 e. The molecule has 0 fully saturated rings. The van der Waals surface area contributed by atoms with E-state index in [1.165, 1.54) is 0 Å². The molecule has 2 unspecified atom stereocenters. The van der Waals surface area contributed by atoms with Crippen LogP contribution in [0.2, 0.25) is 0 Å². The first-order valence-corrected chi connectivity index (χ1v) is 4.90. The van der Waals surface area contributed by atoms with E-state index in [0.717, 1.165) is 18.6 Å². The Morgan fingerprint density at radius 2 is 2.07 bits per heavy atom. The van der Waals surface area contributed by atoms with Crippen LogP contribution in [0, 0.1) is 5.92 Å². The molecule has 2 N–H and O–H groups in total. The van der Waals surface area contributed by atoms with Crippen molar-refractivity contribution < 1.29 is 4.74 Å². The van der Waals surface area contributed by atoms with Gasteiger partial charge in [0.1, 0.15) is 0 Å². The maximum atomic E-state index is 6.10. The van der Waals surface area contributed by atoms with E-state index in [1.807, 2.05) is 12.1 Å². The van der Waals surface area contributed by atoms with Crippen molar-refractivity contribution in [3.63, 3.8) is 0 Å². The van der Waals surface area contributed by atoms with Crippen LogP contribution in [0.15, 0.2) is 24.5 Å². The van der Waals surface area contributed by atoms with Crippen LogP contribution in [0.3, 0.4) is 0 Å². The van der Waals surface area contributed by atoms with Gasteiger partial charge in [-0.1, -0.05) is 6.92 Å². The second kappa shape index (κ2) is 5.73. The summed E-state index contributed by atoms with van der Waals surface area (Å²) in [4.78, 5) is 3.97. The third kappa shape index (κ3) is 3.09. The Morgan fingerprint density at radius 3 is 2.64 bits per heavy atom. The molecule has 0 saturated carbocycles. The van der Waals surface area contributed by atoms with Crippen LogP contribution in [-0.4, -0.2) is 18.7 Å². The van der Waals surface area contributed by atoms with Gasteiger partial charge in [-0.15, -0.1) is 0 Å². The van der Waals surface area contributed by atoms with E-state index in [1.54, 1.807) is 19.5 Å². The molecule has 1 aromatic heterocycles. The lowest BCUT2D eigenvalue weighted by Gasteiger charge is -2.19. The first-order chi connectivity index (χ1) is 6.75. The molecule has 78 valence electrons. The fourth-order valence-electron chi connectivity index (χ4n) is 1.40. The predicted molar refractivity (Wildman–Crippen MR) is 56.8 cm³/mol. The highest BCUT2D eigenvalue weighted by atomic mass is 16.5. The first-order valence-electron chi connectivity index (χ1n) is 4.90. The summed E-state index contributed by atoms with van der Waals surface area (Å²) >= 11 is 0. The van der Waals surface area contributed by atoms with Gasteiger partial charge in [-0.05, 0) is 30.0 Å². The van der Waals surface area contributed by atoms with Crippen LogP contribution in [0.5, 0.6) is 0 Å². The van der Waals surface area contributed by atoms with Gasteiger partial charge >= 0.3 is 0 Å². The molecule has 0 bridgehead atoms. The quantitative estimate of drug-likeness (QED) is 0.777. The van der Waals surface area contributed by atoms with Gasteiger partial charge in [0.25, 0.3) is 0 Å².